The largest absolute Gasteiger partial charge is 0.351 e. The normalized spacial score (nSPS) is 20.5. The average Bonchev–Trinajstić information content (AvgIpc) is 3.32. The number of nitrogens with one attached hydrogen (secondary N) is 2. The molecule has 0 spiro atoms. The Morgan fingerprint density at radius 3 is 2.95 bits per heavy atom. The van der Waals surface area contributed by atoms with Gasteiger partial charge in [0.1, 0.15) is 0 Å². The van der Waals surface area contributed by atoms with Crippen LogP contribution in [-0.2, 0) is 4.79 Å². The number of nitrogens with zero attached hydrogens (tertiary/aromatic N) is 1. The van der Waals surface area contributed by atoms with E-state index in [1.165, 1.54) is 24.6 Å². The van der Waals surface area contributed by atoms with Gasteiger partial charge in [-0.15, -0.1) is 11.8 Å². The van der Waals surface area contributed by atoms with Crippen LogP contribution < -0.4 is 10.6 Å². The maximum absolute atomic E-state index is 12.2. The summed E-state index contributed by atoms with van der Waals surface area (Å²) in [6.07, 6.45) is 2.54. The topological polar surface area (TPSA) is 61.4 Å². The zero-order chi connectivity index (χ0) is 15.7. The molecular weight excluding hydrogens is 298 g/mol. The molecule has 3 rings (SSSR count). The van der Waals surface area contributed by atoms with E-state index in [2.05, 4.69) is 22.6 Å². The van der Waals surface area contributed by atoms with Gasteiger partial charge in [0.05, 0.1) is 10.9 Å². The van der Waals surface area contributed by atoms with E-state index in [1.54, 1.807) is 6.07 Å². The maximum atomic E-state index is 12.2. The quantitative estimate of drug-likeness (QED) is 0.871. The number of hydrogen-bond donors (Lipinski definition) is 2. The van der Waals surface area contributed by atoms with Gasteiger partial charge in [-0.05, 0) is 45.0 Å². The predicted octanol–water partition coefficient (Wildman–Crippen LogP) is 1.94. The van der Waals surface area contributed by atoms with Crippen molar-refractivity contribution in [2.24, 2.45) is 0 Å². The fraction of sp³-hybridized carbons (Fsp3) is 0.500. The van der Waals surface area contributed by atoms with E-state index in [9.17, 15) is 9.59 Å². The SMILES string of the molecule is C[C@H]1Sc2ccc(C(=O)NCCN(C)C3CC3)cc2NC1=O. The molecule has 1 aliphatic heterocycles. The van der Waals surface area contributed by atoms with Gasteiger partial charge < -0.3 is 15.5 Å². The van der Waals surface area contributed by atoms with Crippen molar-refractivity contribution in [1.82, 2.24) is 10.2 Å². The lowest BCUT2D eigenvalue weighted by molar-refractivity contribution is -0.115. The molecule has 0 bridgehead atoms. The zero-order valence-corrected chi connectivity index (χ0v) is 13.7. The Balaban J connectivity index is 1.58. The molecule has 0 saturated heterocycles. The third-order valence-corrected chi connectivity index (χ3v) is 5.27. The highest BCUT2D eigenvalue weighted by Crippen LogP contribution is 2.35. The van der Waals surface area contributed by atoms with Gasteiger partial charge in [0.15, 0.2) is 0 Å². The van der Waals surface area contributed by atoms with Gasteiger partial charge in [-0.25, -0.2) is 0 Å². The summed E-state index contributed by atoms with van der Waals surface area (Å²) in [5.74, 6) is -0.106. The molecule has 1 aliphatic carbocycles. The van der Waals surface area contributed by atoms with Crippen LogP contribution in [0.1, 0.15) is 30.1 Å². The van der Waals surface area contributed by atoms with E-state index in [4.69, 9.17) is 0 Å². The second-order valence-corrected chi connectivity index (χ2v) is 7.31. The molecule has 0 unspecified atom stereocenters. The number of hydrogen-bond acceptors (Lipinski definition) is 4. The van der Waals surface area contributed by atoms with Crippen LogP contribution in [0.5, 0.6) is 0 Å². The van der Waals surface area contributed by atoms with Crippen LogP contribution in [0.3, 0.4) is 0 Å². The fourth-order valence-electron chi connectivity index (χ4n) is 2.50. The Labute approximate surface area is 134 Å². The highest BCUT2D eigenvalue weighted by molar-refractivity contribution is 8.00. The van der Waals surface area contributed by atoms with Crippen molar-refractivity contribution >= 4 is 29.3 Å². The first-order valence-electron chi connectivity index (χ1n) is 7.64. The molecule has 1 fully saturated rings. The van der Waals surface area contributed by atoms with Crippen LogP contribution >= 0.6 is 11.8 Å². The number of likely N-dealkylation sites (N-methyl/N-ethyl adjacent to an activating group) is 1. The molecule has 2 N–H and O–H groups in total. The monoisotopic (exact) mass is 319 g/mol. The number of fused-ring (bicyclic) bond motifs is 1. The lowest BCUT2D eigenvalue weighted by atomic mass is 10.1. The molecule has 1 atom stereocenters. The van der Waals surface area contributed by atoms with Crippen molar-refractivity contribution in [3.05, 3.63) is 23.8 Å². The van der Waals surface area contributed by atoms with Crippen molar-refractivity contribution in [3.8, 4) is 0 Å². The molecule has 1 saturated carbocycles. The summed E-state index contributed by atoms with van der Waals surface area (Å²) in [6.45, 7) is 3.38. The van der Waals surface area contributed by atoms with Gasteiger partial charge in [0.25, 0.3) is 5.91 Å². The number of carbonyl (C=O) groups is 2. The second kappa shape index (κ2) is 6.30. The molecule has 5 nitrogen and oxygen atoms in total. The Bertz CT molecular complexity index is 601. The van der Waals surface area contributed by atoms with E-state index in [1.807, 2.05) is 19.1 Å². The molecule has 2 amide bonds. The highest BCUT2D eigenvalue weighted by Gasteiger charge is 2.26. The Hall–Kier alpha value is -1.53. The van der Waals surface area contributed by atoms with Crippen LogP contribution in [0, 0.1) is 0 Å². The fourth-order valence-corrected chi connectivity index (χ4v) is 3.43. The summed E-state index contributed by atoms with van der Waals surface area (Å²) < 4.78 is 0. The summed E-state index contributed by atoms with van der Waals surface area (Å²) in [5.41, 5.74) is 1.32. The number of anilines is 1. The predicted molar refractivity (Wildman–Crippen MR) is 88.4 cm³/mol. The first kappa shape index (κ1) is 15.4. The van der Waals surface area contributed by atoms with Crippen LogP contribution in [0.25, 0.3) is 0 Å². The van der Waals surface area contributed by atoms with Gasteiger partial charge in [-0.3, -0.25) is 9.59 Å². The van der Waals surface area contributed by atoms with E-state index in [0.29, 0.717) is 18.2 Å². The molecule has 6 heteroatoms. The smallest absolute Gasteiger partial charge is 0.251 e. The Morgan fingerprint density at radius 2 is 2.23 bits per heavy atom. The third-order valence-electron chi connectivity index (χ3n) is 4.09. The van der Waals surface area contributed by atoms with Crippen LogP contribution in [0.2, 0.25) is 0 Å². The number of thioether (sulfide) groups is 1. The first-order chi connectivity index (χ1) is 10.5. The molecule has 2 aliphatic rings. The summed E-state index contributed by atoms with van der Waals surface area (Å²) in [5, 5.41) is 5.70. The molecule has 22 heavy (non-hydrogen) atoms. The lowest BCUT2D eigenvalue weighted by Crippen LogP contribution is -2.34. The number of carbonyl (C=O) groups excluding carboxylic acids is 2. The van der Waals surface area contributed by atoms with Crippen molar-refractivity contribution < 1.29 is 9.59 Å². The number of amides is 2. The summed E-state index contributed by atoms with van der Waals surface area (Å²) in [6, 6.07) is 6.18. The maximum Gasteiger partial charge on any atom is 0.251 e. The zero-order valence-electron chi connectivity index (χ0n) is 12.9. The van der Waals surface area contributed by atoms with Gasteiger partial charge in [0.2, 0.25) is 5.91 Å². The molecular formula is C16H21N3O2S. The molecule has 118 valence electrons. The number of benzene rings is 1. The minimum absolute atomic E-state index is 0.0129. The average molecular weight is 319 g/mol. The minimum Gasteiger partial charge on any atom is -0.351 e. The summed E-state index contributed by atoms with van der Waals surface area (Å²) in [7, 11) is 2.09. The van der Waals surface area contributed by atoms with Gasteiger partial charge in [0, 0.05) is 29.6 Å². The van der Waals surface area contributed by atoms with E-state index >= 15 is 0 Å². The minimum atomic E-state index is -0.0927. The van der Waals surface area contributed by atoms with Crippen molar-refractivity contribution in [1.29, 1.82) is 0 Å². The van der Waals surface area contributed by atoms with Crippen LogP contribution in [0.4, 0.5) is 5.69 Å². The molecule has 0 radical (unpaired) electrons. The van der Waals surface area contributed by atoms with E-state index in [-0.39, 0.29) is 17.1 Å². The Kier molecular flexibility index (Phi) is 4.40. The van der Waals surface area contributed by atoms with E-state index in [0.717, 1.165) is 17.1 Å². The molecule has 1 aromatic rings. The van der Waals surface area contributed by atoms with Crippen molar-refractivity contribution in [2.45, 2.75) is 36.0 Å². The van der Waals surface area contributed by atoms with Gasteiger partial charge in [-0.1, -0.05) is 0 Å². The van der Waals surface area contributed by atoms with Crippen molar-refractivity contribution in [2.75, 3.05) is 25.5 Å². The third kappa shape index (κ3) is 3.44. The molecule has 0 aromatic heterocycles. The van der Waals surface area contributed by atoms with Crippen molar-refractivity contribution in [3.63, 3.8) is 0 Å². The summed E-state index contributed by atoms with van der Waals surface area (Å²) in [4.78, 5) is 27.2. The Morgan fingerprint density at radius 1 is 1.45 bits per heavy atom. The summed E-state index contributed by atoms with van der Waals surface area (Å²) >= 11 is 1.52. The standard InChI is InChI=1S/C16H21N3O2S/c1-10-15(20)18-13-9-11(3-6-14(13)22-10)16(21)17-7-8-19(2)12-4-5-12/h3,6,9-10,12H,4-5,7-8H2,1-2H3,(H,17,21)(H,18,20)/t10-/m1/s1. The lowest BCUT2D eigenvalue weighted by Gasteiger charge is -2.21. The van der Waals surface area contributed by atoms with Crippen LogP contribution in [0.15, 0.2) is 23.1 Å². The van der Waals surface area contributed by atoms with Gasteiger partial charge in [-0.2, -0.15) is 0 Å². The van der Waals surface area contributed by atoms with Crippen LogP contribution in [-0.4, -0.2) is 48.1 Å². The molecule has 1 heterocycles. The first-order valence-corrected chi connectivity index (χ1v) is 8.52. The highest BCUT2D eigenvalue weighted by atomic mass is 32.2. The number of rotatable bonds is 5. The van der Waals surface area contributed by atoms with Gasteiger partial charge >= 0.3 is 0 Å². The van der Waals surface area contributed by atoms with E-state index < -0.39 is 0 Å². The molecule has 1 aromatic carbocycles. The second-order valence-electron chi connectivity index (χ2n) is 5.93.